The molecular weight excluding hydrogens is 405 g/mol. The Morgan fingerprint density at radius 1 is 0.828 bits per heavy atom. The topological polar surface area (TPSA) is 21.8 Å². The van der Waals surface area contributed by atoms with Crippen LogP contribution in [-0.4, -0.2) is 78.0 Å². The second-order valence-electron chi connectivity index (χ2n) is 8.05. The molecule has 0 radical (unpaired) electrons. The molecule has 170 valence electrons. The van der Waals surface area contributed by atoms with Crippen molar-refractivity contribution in [2.24, 2.45) is 0 Å². The summed E-state index contributed by atoms with van der Waals surface area (Å²) in [6, 6.07) is 1.28. The first-order valence-electron chi connectivity index (χ1n) is 11.7. The van der Waals surface area contributed by atoms with Crippen molar-refractivity contribution in [2.75, 3.05) is 39.3 Å². The Balaban J connectivity index is 6.24. The van der Waals surface area contributed by atoms with E-state index in [1.165, 1.54) is 18.9 Å². The standard InChI is InChI=1S/C22H50N4Si3/c1-11-23-21-19-20-22-27(16-6)26(28(9,10)24(12-2)13-3)29(17-7,18-8)25(14-4)15-5/h16-18,23,27H,6-8,11-15,19-22H2,1-5,9-10H3. The molecule has 7 heteroatoms. The number of hydrogen-bond acceptors (Lipinski definition) is 4. The number of nitrogens with zero attached hydrogens (tertiary/aromatic N) is 3. The lowest BCUT2D eigenvalue weighted by Crippen LogP contribution is -2.78. The van der Waals surface area contributed by atoms with Gasteiger partial charge in [0, 0.05) is 0 Å². The Bertz CT molecular complexity index is 469. The van der Waals surface area contributed by atoms with E-state index >= 15 is 0 Å². The van der Waals surface area contributed by atoms with E-state index in [1.54, 1.807) is 0 Å². The number of rotatable bonds is 18. The van der Waals surface area contributed by atoms with Crippen LogP contribution in [0.1, 0.15) is 47.5 Å². The zero-order valence-electron chi connectivity index (χ0n) is 20.6. The number of hydrogen-bond donors (Lipinski definition) is 1. The summed E-state index contributed by atoms with van der Waals surface area (Å²) in [6.45, 7) is 36.0. The van der Waals surface area contributed by atoms with Crippen molar-refractivity contribution in [3.8, 4) is 0 Å². The Labute approximate surface area is 186 Å². The number of unbranched alkanes of at least 4 members (excludes halogenated alkanes) is 1. The first kappa shape index (κ1) is 28.7. The zero-order chi connectivity index (χ0) is 22.5. The normalized spacial score (nSPS) is 13.9. The van der Waals surface area contributed by atoms with Crippen LogP contribution in [0, 0.1) is 0 Å². The summed E-state index contributed by atoms with van der Waals surface area (Å²) < 4.78 is 8.40. The molecular formula is C22H50N4Si3. The highest BCUT2D eigenvalue weighted by Crippen LogP contribution is 2.30. The number of nitrogens with one attached hydrogen (secondary N) is 1. The third kappa shape index (κ3) is 7.12. The fraction of sp³-hybridized carbons (Fsp3) is 0.727. The van der Waals surface area contributed by atoms with E-state index in [9.17, 15) is 0 Å². The monoisotopic (exact) mass is 454 g/mol. The van der Waals surface area contributed by atoms with Crippen LogP contribution in [0.5, 0.6) is 0 Å². The summed E-state index contributed by atoms with van der Waals surface area (Å²) in [5, 5.41) is 3.47. The van der Waals surface area contributed by atoms with E-state index in [2.05, 4.69) is 103 Å². The summed E-state index contributed by atoms with van der Waals surface area (Å²) in [4.78, 5) is 0. The van der Waals surface area contributed by atoms with Gasteiger partial charge < -0.3 is 18.3 Å². The van der Waals surface area contributed by atoms with Crippen LogP contribution in [0.15, 0.2) is 36.8 Å². The van der Waals surface area contributed by atoms with Gasteiger partial charge in [-0.25, -0.2) is 0 Å². The summed E-state index contributed by atoms with van der Waals surface area (Å²) >= 11 is 0. The van der Waals surface area contributed by atoms with Gasteiger partial charge in [0.2, 0.25) is 8.40 Å². The van der Waals surface area contributed by atoms with Crippen molar-refractivity contribution < 1.29 is 0 Å². The van der Waals surface area contributed by atoms with E-state index < -0.39 is 25.8 Å². The summed E-state index contributed by atoms with van der Waals surface area (Å²) in [5.41, 5.74) is 6.91. The third-order valence-electron chi connectivity index (χ3n) is 6.34. The minimum Gasteiger partial charge on any atom is -0.336 e. The Kier molecular flexibility index (Phi) is 14.5. The van der Waals surface area contributed by atoms with Crippen molar-refractivity contribution in [3.05, 3.63) is 36.8 Å². The van der Waals surface area contributed by atoms with Crippen LogP contribution in [0.2, 0.25) is 19.1 Å². The molecule has 0 fully saturated rings. The van der Waals surface area contributed by atoms with Gasteiger partial charge in [-0.05, 0) is 64.8 Å². The molecule has 0 aliphatic carbocycles. The van der Waals surface area contributed by atoms with Crippen LogP contribution >= 0.6 is 0 Å². The van der Waals surface area contributed by atoms with Crippen molar-refractivity contribution in [3.63, 3.8) is 0 Å². The largest absolute Gasteiger partial charge is 0.336 e. The van der Waals surface area contributed by atoms with Gasteiger partial charge in [-0.15, -0.1) is 19.7 Å². The van der Waals surface area contributed by atoms with Crippen LogP contribution in [0.25, 0.3) is 0 Å². The SMILES string of the molecule is C=C[SiH](CCCCNCC)N([Si](C)(C)N(CC)CC)[Si](C=C)(C=C)N(CC)CC. The van der Waals surface area contributed by atoms with Gasteiger partial charge in [-0.1, -0.05) is 58.1 Å². The molecule has 1 atom stereocenters. The molecule has 0 aromatic rings. The lowest BCUT2D eigenvalue weighted by Gasteiger charge is -2.57. The van der Waals surface area contributed by atoms with E-state index in [-0.39, 0.29) is 0 Å². The first-order chi connectivity index (χ1) is 13.8. The van der Waals surface area contributed by atoms with Gasteiger partial charge in [0.05, 0.1) is 0 Å². The van der Waals surface area contributed by atoms with Crippen LogP contribution in [0.3, 0.4) is 0 Å². The Morgan fingerprint density at radius 2 is 1.34 bits per heavy atom. The van der Waals surface area contributed by atoms with E-state index in [0.717, 1.165) is 39.3 Å². The smallest absolute Gasteiger partial charge is 0.244 e. The molecule has 0 heterocycles. The Hall–Kier alpha value is -0.289. The van der Waals surface area contributed by atoms with Crippen LogP contribution in [-0.2, 0) is 0 Å². The molecule has 4 nitrogen and oxygen atoms in total. The van der Waals surface area contributed by atoms with Gasteiger partial charge >= 0.3 is 0 Å². The van der Waals surface area contributed by atoms with Gasteiger partial charge in [-0.2, -0.15) is 0 Å². The van der Waals surface area contributed by atoms with Gasteiger partial charge in [0.25, 0.3) is 0 Å². The summed E-state index contributed by atoms with van der Waals surface area (Å²) in [5.74, 6) is 0. The van der Waals surface area contributed by atoms with Crippen LogP contribution < -0.4 is 5.32 Å². The van der Waals surface area contributed by atoms with E-state index in [4.69, 9.17) is 0 Å². The fourth-order valence-corrected chi connectivity index (χ4v) is 23.8. The molecule has 1 unspecified atom stereocenters. The van der Waals surface area contributed by atoms with E-state index in [1.807, 2.05) is 0 Å². The molecule has 0 aliphatic heterocycles. The second kappa shape index (κ2) is 14.7. The lowest BCUT2D eigenvalue weighted by molar-refractivity contribution is 0.417. The quantitative estimate of drug-likeness (QED) is 0.245. The molecule has 0 bridgehead atoms. The average Bonchev–Trinajstić information content (AvgIpc) is 2.72. The van der Waals surface area contributed by atoms with Crippen LogP contribution in [0.4, 0.5) is 0 Å². The molecule has 0 rings (SSSR count). The zero-order valence-corrected chi connectivity index (χ0v) is 23.8. The minimum atomic E-state index is -2.20. The molecule has 1 N–H and O–H groups in total. The predicted octanol–water partition coefficient (Wildman–Crippen LogP) is 4.41. The molecule has 29 heavy (non-hydrogen) atoms. The molecule has 0 saturated heterocycles. The molecule has 0 aromatic carbocycles. The first-order valence-corrected chi connectivity index (χ1v) is 18.6. The molecule has 0 aromatic heterocycles. The molecule has 0 amide bonds. The Morgan fingerprint density at radius 3 is 1.72 bits per heavy atom. The fourth-order valence-electron chi connectivity index (χ4n) is 4.81. The highest BCUT2D eigenvalue weighted by molar-refractivity contribution is 7.03. The van der Waals surface area contributed by atoms with Gasteiger partial charge in [-0.3, -0.25) is 0 Å². The van der Waals surface area contributed by atoms with Gasteiger partial charge in [0.15, 0.2) is 8.40 Å². The second-order valence-corrected chi connectivity index (χ2v) is 19.8. The minimum absolute atomic E-state index is 1.04. The van der Waals surface area contributed by atoms with E-state index in [0.29, 0.717) is 0 Å². The maximum Gasteiger partial charge on any atom is 0.244 e. The summed E-state index contributed by atoms with van der Waals surface area (Å²) in [6.07, 6.45) is 2.51. The molecule has 0 spiro atoms. The molecule has 0 aliphatic rings. The predicted molar refractivity (Wildman–Crippen MR) is 141 cm³/mol. The van der Waals surface area contributed by atoms with Gasteiger partial charge in [0.1, 0.15) is 8.96 Å². The van der Waals surface area contributed by atoms with Crippen molar-refractivity contribution in [1.29, 1.82) is 0 Å². The highest BCUT2D eigenvalue weighted by atomic mass is 28.5. The van der Waals surface area contributed by atoms with Crippen molar-refractivity contribution in [1.82, 2.24) is 18.3 Å². The third-order valence-corrected chi connectivity index (χ3v) is 23.4. The average molecular weight is 455 g/mol. The summed E-state index contributed by atoms with van der Waals surface area (Å²) in [7, 11) is -5.44. The maximum atomic E-state index is 4.39. The van der Waals surface area contributed by atoms with Crippen molar-refractivity contribution >= 4 is 25.8 Å². The maximum absolute atomic E-state index is 4.39. The highest BCUT2D eigenvalue weighted by Gasteiger charge is 2.51. The lowest BCUT2D eigenvalue weighted by atomic mass is 10.3. The van der Waals surface area contributed by atoms with Crippen molar-refractivity contribution in [2.45, 2.75) is 66.6 Å². The molecule has 0 saturated carbocycles.